The molecule has 1 fully saturated rings. The van der Waals surface area contributed by atoms with Crippen LogP contribution in [0.25, 0.3) is 0 Å². The number of benzene rings is 2. The quantitative estimate of drug-likeness (QED) is 0.613. The normalized spacial score (nSPS) is 18.1. The van der Waals surface area contributed by atoms with E-state index in [0.29, 0.717) is 48.1 Å². The number of amides is 1. The molecule has 0 aliphatic carbocycles. The van der Waals surface area contributed by atoms with Crippen molar-refractivity contribution in [3.05, 3.63) is 58.1 Å². The van der Waals surface area contributed by atoms with Crippen LogP contribution in [0.1, 0.15) is 36.0 Å². The second-order valence-corrected chi connectivity index (χ2v) is 8.08. The maximum Gasteiger partial charge on any atom is 0.416 e. The van der Waals surface area contributed by atoms with Gasteiger partial charge in [-0.05, 0) is 48.7 Å². The van der Waals surface area contributed by atoms with Gasteiger partial charge in [0.25, 0.3) is 0 Å². The van der Waals surface area contributed by atoms with E-state index < -0.39 is 11.7 Å². The highest BCUT2D eigenvalue weighted by molar-refractivity contribution is 6.31. The first-order valence-electron chi connectivity index (χ1n) is 10.1. The number of fused-ring (bicyclic) bond motifs is 1. The third kappa shape index (κ3) is 5.07. The Morgan fingerprint density at radius 3 is 2.55 bits per heavy atom. The van der Waals surface area contributed by atoms with Gasteiger partial charge in [0.2, 0.25) is 12.7 Å². The molecule has 5 nitrogen and oxygen atoms in total. The number of alkyl halides is 3. The van der Waals surface area contributed by atoms with Crippen molar-refractivity contribution in [3.8, 4) is 11.5 Å². The monoisotopic (exact) mass is 454 g/mol. The summed E-state index contributed by atoms with van der Waals surface area (Å²) in [6.45, 7) is 1.73. The van der Waals surface area contributed by atoms with Crippen LogP contribution in [0, 0.1) is 0 Å². The summed E-state index contributed by atoms with van der Waals surface area (Å²) in [6, 6.07) is 8.63. The fourth-order valence-corrected chi connectivity index (χ4v) is 4.11. The van der Waals surface area contributed by atoms with Gasteiger partial charge in [0.05, 0.1) is 5.56 Å². The van der Waals surface area contributed by atoms with Crippen LogP contribution in [0.2, 0.25) is 5.02 Å². The van der Waals surface area contributed by atoms with E-state index in [4.69, 9.17) is 21.1 Å². The van der Waals surface area contributed by atoms with Crippen LogP contribution in [-0.2, 0) is 24.1 Å². The van der Waals surface area contributed by atoms with E-state index in [1.54, 1.807) is 11.0 Å². The Balaban J connectivity index is 1.30. The average Bonchev–Trinajstić information content (AvgIpc) is 3.31. The van der Waals surface area contributed by atoms with Crippen LogP contribution in [0.4, 0.5) is 13.2 Å². The summed E-state index contributed by atoms with van der Waals surface area (Å²) in [6.07, 6.45) is -2.42. The van der Waals surface area contributed by atoms with Gasteiger partial charge in [-0.15, -0.1) is 0 Å². The second kappa shape index (κ2) is 8.96. The van der Waals surface area contributed by atoms with Crippen LogP contribution in [0.3, 0.4) is 0 Å². The fourth-order valence-electron chi connectivity index (χ4n) is 3.89. The first kappa shape index (κ1) is 21.8. The van der Waals surface area contributed by atoms with E-state index in [9.17, 15) is 18.0 Å². The van der Waals surface area contributed by atoms with Crippen molar-refractivity contribution in [2.45, 2.75) is 44.6 Å². The SMILES string of the molecule is O=C1CC[C@@H](CCNCc2cc3c(cc2Cl)OCO3)N1Cc1ccc(C(F)(F)F)cc1. The number of carbonyl (C=O) groups is 1. The zero-order chi connectivity index (χ0) is 22.0. The molecule has 2 aromatic rings. The van der Waals surface area contributed by atoms with Crippen molar-refractivity contribution in [2.75, 3.05) is 13.3 Å². The maximum atomic E-state index is 12.7. The molecule has 0 unspecified atom stereocenters. The van der Waals surface area contributed by atoms with Gasteiger partial charge in [-0.1, -0.05) is 23.7 Å². The van der Waals surface area contributed by atoms with Crippen molar-refractivity contribution in [1.82, 2.24) is 10.2 Å². The number of rotatable bonds is 7. The van der Waals surface area contributed by atoms with Gasteiger partial charge in [-0.3, -0.25) is 4.79 Å². The lowest BCUT2D eigenvalue weighted by Gasteiger charge is -2.25. The molecule has 2 aliphatic rings. The molecule has 0 spiro atoms. The molecule has 2 aliphatic heterocycles. The van der Waals surface area contributed by atoms with Crippen molar-refractivity contribution >= 4 is 17.5 Å². The van der Waals surface area contributed by atoms with Crippen molar-refractivity contribution in [3.63, 3.8) is 0 Å². The highest BCUT2D eigenvalue weighted by Gasteiger charge is 2.32. The molecule has 166 valence electrons. The Labute approximate surface area is 183 Å². The number of carbonyl (C=O) groups excluding carboxylic acids is 1. The van der Waals surface area contributed by atoms with Crippen LogP contribution < -0.4 is 14.8 Å². The molecule has 1 atom stereocenters. The lowest BCUT2D eigenvalue weighted by molar-refractivity contribution is -0.137. The first-order chi connectivity index (χ1) is 14.8. The van der Waals surface area contributed by atoms with Crippen molar-refractivity contribution in [2.24, 2.45) is 0 Å². The highest BCUT2D eigenvalue weighted by Crippen LogP contribution is 2.36. The van der Waals surface area contributed by atoms with Gasteiger partial charge >= 0.3 is 6.18 Å². The molecule has 2 aromatic carbocycles. The topological polar surface area (TPSA) is 50.8 Å². The zero-order valence-corrected chi connectivity index (χ0v) is 17.4. The molecule has 1 amide bonds. The summed E-state index contributed by atoms with van der Waals surface area (Å²) in [7, 11) is 0. The zero-order valence-electron chi connectivity index (χ0n) is 16.7. The molecule has 31 heavy (non-hydrogen) atoms. The molecular weight excluding hydrogens is 433 g/mol. The molecule has 0 aromatic heterocycles. The summed E-state index contributed by atoms with van der Waals surface area (Å²) in [5.41, 5.74) is 0.898. The molecule has 2 heterocycles. The maximum absolute atomic E-state index is 12.7. The fraction of sp³-hybridized carbons (Fsp3) is 0.409. The Kier molecular flexibility index (Phi) is 6.29. The van der Waals surface area contributed by atoms with Gasteiger partial charge in [0.1, 0.15) is 0 Å². The Bertz CT molecular complexity index is 950. The number of nitrogens with one attached hydrogen (secondary N) is 1. The smallest absolute Gasteiger partial charge is 0.416 e. The van der Waals surface area contributed by atoms with Gasteiger partial charge in [0.15, 0.2) is 11.5 Å². The third-order valence-electron chi connectivity index (χ3n) is 5.60. The molecule has 1 saturated heterocycles. The van der Waals surface area contributed by atoms with E-state index in [1.165, 1.54) is 12.1 Å². The lowest BCUT2D eigenvalue weighted by atomic mass is 10.1. The number of likely N-dealkylation sites (tertiary alicyclic amines) is 1. The summed E-state index contributed by atoms with van der Waals surface area (Å²) >= 11 is 6.29. The molecule has 0 bridgehead atoms. The van der Waals surface area contributed by atoms with Gasteiger partial charge in [-0.25, -0.2) is 0 Å². The van der Waals surface area contributed by atoms with E-state index >= 15 is 0 Å². The standard InChI is InChI=1S/C22H22ClF3N2O3/c23-18-10-20-19(30-13-31-20)9-15(18)11-27-8-7-17-5-6-21(29)28(17)12-14-1-3-16(4-2-14)22(24,25)26/h1-4,9-10,17,27H,5-8,11-13H2/t17-/m0/s1. The Morgan fingerprint density at radius 1 is 1.13 bits per heavy atom. The molecule has 9 heteroatoms. The first-order valence-corrected chi connectivity index (χ1v) is 10.4. The van der Waals surface area contributed by atoms with E-state index in [-0.39, 0.29) is 18.7 Å². The third-order valence-corrected chi connectivity index (χ3v) is 5.95. The van der Waals surface area contributed by atoms with Crippen LogP contribution in [0.5, 0.6) is 11.5 Å². The van der Waals surface area contributed by atoms with Gasteiger partial charge in [-0.2, -0.15) is 13.2 Å². The highest BCUT2D eigenvalue weighted by atomic mass is 35.5. The van der Waals surface area contributed by atoms with Crippen LogP contribution in [-0.4, -0.2) is 30.2 Å². The number of ether oxygens (including phenoxy) is 2. The van der Waals surface area contributed by atoms with Crippen LogP contribution >= 0.6 is 11.6 Å². The summed E-state index contributed by atoms with van der Waals surface area (Å²) in [5, 5.41) is 3.93. The number of halogens is 4. The largest absolute Gasteiger partial charge is 0.454 e. The van der Waals surface area contributed by atoms with Crippen molar-refractivity contribution < 1.29 is 27.4 Å². The van der Waals surface area contributed by atoms with Crippen LogP contribution in [0.15, 0.2) is 36.4 Å². The average molecular weight is 455 g/mol. The minimum Gasteiger partial charge on any atom is -0.454 e. The van der Waals surface area contributed by atoms with Gasteiger partial charge in [0, 0.05) is 36.6 Å². The summed E-state index contributed by atoms with van der Waals surface area (Å²) in [5.74, 6) is 1.34. The predicted molar refractivity (Wildman–Crippen MR) is 109 cm³/mol. The molecule has 4 rings (SSSR count). The molecular formula is C22H22ClF3N2O3. The number of hydrogen-bond acceptors (Lipinski definition) is 4. The minimum absolute atomic E-state index is 0.0312. The van der Waals surface area contributed by atoms with E-state index in [1.807, 2.05) is 6.07 Å². The minimum atomic E-state index is -4.36. The van der Waals surface area contributed by atoms with E-state index in [2.05, 4.69) is 5.32 Å². The Hall–Kier alpha value is -2.45. The number of hydrogen-bond donors (Lipinski definition) is 1. The van der Waals surface area contributed by atoms with Gasteiger partial charge < -0.3 is 19.7 Å². The summed E-state index contributed by atoms with van der Waals surface area (Å²) < 4.78 is 48.9. The molecule has 0 radical (unpaired) electrons. The number of nitrogens with zero attached hydrogens (tertiary/aromatic N) is 1. The predicted octanol–water partition coefficient (Wildman–Crippen LogP) is 4.76. The summed E-state index contributed by atoms with van der Waals surface area (Å²) in [4.78, 5) is 14.1. The Morgan fingerprint density at radius 2 is 1.84 bits per heavy atom. The van der Waals surface area contributed by atoms with Crippen molar-refractivity contribution in [1.29, 1.82) is 0 Å². The lowest BCUT2D eigenvalue weighted by Crippen LogP contribution is -2.34. The molecule has 1 N–H and O–H groups in total. The van der Waals surface area contributed by atoms with E-state index in [0.717, 1.165) is 30.5 Å². The second-order valence-electron chi connectivity index (χ2n) is 7.67. The molecule has 0 saturated carbocycles.